The Kier molecular flexibility index (Phi) is 7.44. The second kappa shape index (κ2) is 10.1. The van der Waals surface area contributed by atoms with Gasteiger partial charge in [-0.3, -0.25) is 9.69 Å². The second-order valence-electron chi connectivity index (χ2n) is 9.80. The number of carbonyl (C=O) groups is 2. The van der Waals surface area contributed by atoms with E-state index in [0.29, 0.717) is 42.3 Å². The fraction of sp³-hybridized carbons (Fsp3) is 0.462. The van der Waals surface area contributed by atoms with Gasteiger partial charge in [0.15, 0.2) is 5.78 Å². The number of hydrogen-bond donors (Lipinski definition) is 2. The first-order valence-electron chi connectivity index (χ1n) is 11.7. The van der Waals surface area contributed by atoms with Crippen LogP contribution in [0.15, 0.2) is 42.5 Å². The van der Waals surface area contributed by atoms with Gasteiger partial charge in [0.2, 0.25) is 0 Å². The molecule has 1 saturated carbocycles. The molecule has 6 nitrogen and oxygen atoms in total. The number of ether oxygens (including phenoxy) is 1. The molecule has 1 aliphatic heterocycles. The lowest BCUT2D eigenvalue weighted by Gasteiger charge is -2.44. The standard InChI is InChI=1S/C26H29Cl2FN2O4/c1-25(34)11-9-16(10-12-25)23(32)26(31(2)24(33)35-19-6-4-18(29)5-7-19)15-30-14-20(26)17-3-8-21(27)22(28)13-17/h3-8,13,16,20,30,34H,9-12,14-15H2,1-2H3/t16?,20-,25?,26+/m1/s1. The van der Waals surface area contributed by atoms with Gasteiger partial charge < -0.3 is 15.2 Å². The van der Waals surface area contributed by atoms with E-state index in [1.54, 1.807) is 26.1 Å². The Morgan fingerprint density at radius 2 is 1.77 bits per heavy atom. The lowest BCUT2D eigenvalue weighted by atomic mass is 9.69. The van der Waals surface area contributed by atoms with Gasteiger partial charge in [0, 0.05) is 32.0 Å². The Morgan fingerprint density at radius 3 is 2.40 bits per heavy atom. The first-order chi connectivity index (χ1) is 16.5. The Labute approximate surface area is 214 Å². The fourth-order valence-corrected chi connectivity index (χ4v) is 5.59. The van der Waals surface area contributed by atoms with E-state index >= 15 is 0 Å². The highest BCUT2D eigenvalue weighted by Gasteiger charge is 2.56. The summed E-state index contributed by atoms with van der Waals surface area (Å²) < 4.78 is 18.8. The number of hydrogen-bond acceptors (Lipinski definition) is 5. The topological polar surface area (TPSA) is 78.9 Å². The van der Waals surface area contributed by atoms with Crippen LogP contribution in [0.5, 0.6) is 5.75 Å². The zero-order chi connectivity index (χ0) is 25.4. The van der Waals surface area contributed by atoms with Crippen LogP contribution in [0.2, 0.25) is 10.0 Å². The summed E-state index contributed by atoms with van der Waals surface area (Å²) in [6.07, 6.45) is 1.36. The van der Waals surface area contributed by atoms with Crippen LogP contribution in [0.25, 0.3) is 0 Å². The van der Waals surface area contributed by atoms with Gasteiger partial charge >= 0.3 is 6.09 Å². The maximum atomic E-state index is 14.2. The van der Waals surface area contributed by atoms with Crippen LogP contribution in [0.1, 0.15) is 44.1 Å². The summed E-state index contributed by atoms with van der Waals surface area (Å²) in [6.45, 7) is 2.46. The third kappa shape index (κ3) is 5.19. The van der Waals surface area contributed by atoms with Crippen molar-refractivity contribution < 1.29 is 23.8 Å². The van der Waals surface area contributed by atoms with Crippen LogP contribution in [-0.4, -0.2) is 53.2 Å². The van der Waals surface area contributed by atoms with Gasteiger partial charge in [0.05, 0.1) is 15.6 Å². The third-order valence-electron chi connectivity index (χ3n) is 7.42. The van der Waals surface area contributed by atoms with Crippen molar-refractivity contribution in [3.8, 4) is 5.75 Å². The maximum Gasteiger partial charge on any atom is 0.415 e. The molecule has 4 rings (SSSR count). The molecule has 2 N–H and O–H groups in total. The van der Waals surface area contributed by atoms with E-state index in [1.807, 2.05) is 6.07 Å². The number of halogens is 3. The van der Waals surface area contributed by atoms with E-state index in [2.05, 4.69) is 5.32 Å². The molecule has 2 aromatic rings. The van der Waals surface area contributed by atoms with Crippen molar-refractivity contribution in [1.82, 2.24) is 10.2 Å². The molecule has 2 atom stereocenters. The molecule has 0 bridgehead atoms. The van der Waals surface area contributed by atoms with Crippen LogP contribution < -0.4 is 10.1 Å². The number of ketones is 1. The predicted molar refractivity (Wildman–Crippen MR) is 133 cm³/mol. The van der Waals surface area contributed by atoms with E-state index in [4.69, 9.17) is 27.9 Å². The van der Waals surface area contributed by atoms with Gasteiger partial charge in [-0.25, -0.2) is 9.18 Å². The Bertz CT molecular complexity index is 1100. The number of amides is 1. The average molecular weight is 523 g/mol. The molecule has 1 aliphatic carbocycles. The summed E-state index contributed by atoms with van der Waals surface area (Å²) in [5.41, 5.74) is -1.27. The maximum absolute atomic E-state index is 14.2. The minimum Gasteiger partial charge on any atom is -0.410 e. The highest BCUT2D eigenvalue weighted by Crippen LogP contribution is 2.44. The van der Waals surface area contributed by atoms with Crippen LogP contribution in [0.4, 0.5) is 9.18 Å². The number of rotatable bonds is 5. The van der Waals surface area contributed by atoms with E-state index in [-0.39, 0.29) is 24.0 Å². The zero-order valence-corrected chi connectivity index (χ0v) is 21.2. The molecule has 1 saturated heterocycles. The summed E-state index contributed by atoms with van der Waals surface area (Å²) in [5.74, 6) is -1.07. The summed E-state index contributed by atoms with van der Waals surface area (Å²) in [6, 6.07) is 10.4. The summed E-state index contributed by atoms with van der Waals surface area (Å²) in [4.78, 5) is 28.9. The van der Waals surface area contributed by atoms with Crippen molar-refractivity contribution in [2.45, 2.75) is 49.7 Å². The van der Waals surface area contributed by atoms with Crippen LogP contribution >= 0.6 is 23.2 Å². The minimum absolute atomic E-state index is 0.0763. The van der Waals surface area contributed by atoms with E-state index < -0.39 is 29.0 Å². The molecular formula is C26H29Cl2FN2O4. The smallest absolute Gasteiger partial charge is 0.410 e. The van der Waals surface area contributed by atoms with Gasteiger partial charge in [-0.15, -0.1) is 0 Å². The number of carbonyl (C=O) groups excluding carboxylic acids is 2. The summed E-state index contributed by atoms with van der Waals surface area (Å²) >= 11 is 12.4. The largest absolute Gasteiger partial charge is 0.415 e. The molecule has 0 radical (unpaired) electrons. The summed E-state index contributed by atoms with van der Waals surface area (Å²) in [5, 5.41) is 14.5. The Morgan fingerprint density at radius 1 is 1.11 bits per heavy atom. The molecule has 0 aromatic heterocycles. The molecule has 2 aromatic carbocycles. The van der Waals surface area contributed by atoms with Crippen LogP contribution in [-0.2, 0) is 4.79 Å². The molecule has 9 heteroatoms. The van der Waals surface area contributed by atoms with Crippen molar-refractivity contribution in [2.24, 2.45) is 5.92 Å². The zero-order valence-electron chi connectivity index (χ0n) is 19.7. The van der Waals surface area contributed by atoms with Crippen molar-refractivity contribution in [3.05, 3.63) is 63.9 Å². The SMILES string of the molecule is CN(C(=O)Oc1ccc(F)cc1)[C@@]1(C(=O)C2CCC(C)(O)CC2)CNC[C@@H]1c1ccc(Cl)c(Cl)c1. The first-order valence-corrected chi connectivity index (χ1v) is 12.4. The number of nitrogens with zero attached hydrogens (tertiary/aromatic N) is 1. The fourth-order valence-electron chi connectivity index (χ4n) is 5.29. The monoisotopic (exact) mass is 522 g/mol. The predicted octanol–water partition coefficient (Wildman–Crippen LogP) is 5.20. The highest BCUT2D eigenvalue weighted by atomic mass is 35.5. The Hall–Kier alpha value is -2.19. The van der Waals surface area contributed by atoms with Crippen molar-refractivity contribution in [2.75, 3.05) is 20.1 Å². The average Bonchev–Trinajstić information content (AvgIpc) is 3.27. The number of Topliss-reactive ketones (excluding diaryl/α,β-unsaturated/α-hetero) is 1. The first kappa shape index (κ1) is 25.9. The molecule has 0 unspecified atom stereocenters. The lowest BCUT2D eigenvalue weighted by molar-refractivity contribution is -0.136. The molecule has 2 fully saturated rings. The van der Waals surface area contributed by atoms with Gasteiger partial charge in [-0.2, -0.15) is 0 Å². The number of aliphatic hydroxyl groups is 1. The van der Waals surface area contributed by atoms with Crippen molar-refractivity contribution >= 4 is 35.1 Å². The van der Waals surface area contributed by atoms with Gasteiger partial charge in [-0.1, -0.05) is 29.3 Å². The van der Waals surface area contributed by atoms with E-state index in [9.17, 15) is 19.1 Å². The molecule has 1 amide bonds. The molecule has 0 spiro atoms. The van der Waals surface area contributed by atoms with E-state index in [1.165, 1.54) is 29.2 Å². The summed E-state index contributed by atoms with van der Waals surface area (Å²) in [7, 11) is 1.56. The third-order valence-corrected chi connectivity index (χ3v) is 8.16. The van der Waals surface area contributed by atoms with Crippen molar-refractivity contribution in [3.63, 3.8) is 0 Å². The lowest BCUT2D eigenvalue weighted by Crippen LogP contribution is -2.62. The van der Waals surface area contributed by atoms with Gasteiger partial charge in [0.25, 0.3) is 0 Å². The van der Waals surface area contributed by atoms with E-state index in [0.717, 1.165) is 5.56 Å². The molecular weight excluding hydrogens is 494 g/mol. The van der Waals surface area contributed by atoms with Crippen molar-refractivity contribution in [1.29, 1.82) is 0 Å². The van der Waals surface area contributed by atoms with Crippen LogP contribution in [0.3, 0.4) is 0 Å². The second-order valence-corrected chi connectivity index (χ2v) is 10.6. The quantitative estimate of drug-likeness (QED) is 0.564. The van der Waals surface area contributed by atoms with Gasteiger partial charge in [-0.05, 0) is 74.6 Å². The molecule has 1 heterocycles. The number of benzene rings is 2. The molecule has 188 valence electrons. The minimum atomic E-state index is -1.25. The number of nitrogens with one attached hydrogen (secondary N) is 1. The molecule has 35 heavy (non-hydrogen) atoms. The Balaban J connectivity index is 1.70. The highest BCUT2D eigenvalue weighted by molar-refractivity contribution is 6.42. The normalized spacial score (nSPS) is 28.5. The van der Waals surface area contributed by atoms with Gasteiger partial charge in [0.1, 0.15) is 17.1 Å². The van der Waals surface area contributed by atoms with Crippen LogP contribution in [0, 0.1) is 11.7 Å². The molecule has 2 aliphatic rings. The number of likely N-dealkylation sites (N-methyl/N-ethyl adjacent to an activating group) is 1.